The van der Waals surface area contributed by atoms with Crippen LogP contribution in [0.2, 0.25) is 0 Å². The van der Waals surface area contributed by atoms with Gasteiger partial charge in [-0.25, -0.2) is 19.7 Å². The molecule has 0 aliphatic heterocycles. The van der Waals surface area contributed by atoms with Gasteiger partial charge in [0, 0.05) is 26.3 Å². The molecule has 0 spiro atoms. The fourth-order valence-corrected chi connectivity index (χ4v) is 2.00. The number of rotatable bonds is 5. The standard InChI is InChI=1S/C12H13N7O2/c1-18-11-8(4-17-18)10(14-6-15-11)13-2-3-19-5-9(12(20)21)16-7-19/h4-7H,2-3H2,1H3,(H,20,21)(H,13,14,15). The van der Waals surface area contributed by atoms with Gasteiger partial charge in [0.25, 0.3) is 0 Å². The number of nitrogens with zero attached hydrogens (tertiary/aromatic N) is 6. The molecule has 0 fully saturated rings. The van der Waals surface area contributed by atoms with Crippen LogP contribution in [0.15, 0.2) is 25.0 Å². The predicted molar refractivity (Wildman–Crippen MR) is 74.0 cm³/mol. The third kappa shape index (κ3) is 2.53. The van der Waals surface area contributed by atoms with Crippen molar-refractivity contribution in [1.29, 1.82) is 0 Å². The van der Waals surface area contributed by atoms with Crippen molar-refractivity contribution >= 4 is 22.8 Å². The van der Waals surface area contributed by atoms with Gasteiger partial charge >= 0.3 is 5.97 Å². The summed E-state index contributed by atoms with van der Waals surface area (Å²) in [5.41, 5.74) is 0.787. The van der Waals surface area contributed by atoms with Gasteiger partial charge in [0.1, 0.15) is 12.1 Å². The summed E-state index contributed by atoms with van der Waals surface area (Å²) < 4.78 is 3.38. The van der Waals surface area contributed by atoms with Gasteiger partial charge < -0.3 is 15.0 Å². The maximum absolute atomic E-state index is 10.7. The summed E-state index contributed by atoms with van der Waals surface area (Å²) in [6.45, 7) is 1.16. The van der Waals surface area contributed by atoms with Crippen molar-refractivity contribution in [3.05, 3.63) is 30.7 Å². The molecule has 0 amide bonds. The molecular weight excluding hydrogens is 274 g/mol. The lowest BCUT2D eigenvalue weighted by atomic mass is 10.4. The number of carboxylic acids is 1. The lowest BCUT2D eigenvalue weighted by Crippen LogP contribution is -2.10. The Morgan fingerprint density at radius 1 is 1.38 bits per heavy atom. The number of aryl methyl sites for hydroxylation is 1. The van der Waals surface area contributed by atoms with E-state index in [-0.39, 0.29) is 5.69 Å². The quantitative estimate of drug-likeness (QED) is 0.697. The molecule has 0 radical (unpaired) electrons. The van der Waals surface area contributed by atoms with E-state index in [4.69, 9.17) is 5.11 Å². The number of carbonyl (C=O) groups is 1. The zero-order valence-corrected chi connectivity index (χ0v) is 11.3. The number of aromatic nitrogens is 6. The maximum atomic E-state index is 10.7. The molecule has 2 N–H and O–H groups in total. The molecule has 0 saturated carbocycles. The Hall–Kier alpha value is -2.97. The maximum Gasteiger partial charge on any atom is 0.356 e. The van der Waals surface area contributed by atoms with Crippen molar-refractivity contribution in [2.24, 2.45) is 7.05 Å². The first kappa shape index (κ1) is 13.0. The van der Waals surface area contributed by atoms with Crippen molar-refractivity contribution in [2.75, 3.05) is 11.9 Å². The molecule has 0 aliphatic carbocycles. The van der Waals surface area contributed by atoms with Gasteiger partial charge in [0.2, 0.25) is 0 Å². The Bertz CT molecular complexity index is 792. The summed E-state index contributed by atoms with van der Waals surface area (Å²) >= 11 is 0. The highest BCUT2D eigenvalue weighted by atomic mass is 16.4. The smallest absolute Gasteiger partial charge is 0.356 e. The lowest BCUT2D eigenvalue weighted by Gasteiger charge is -2.06. The molecule has 3 rings (SSSR count). The Morgan fingerprint density at radius 3 is 3.00 bits per heavy atom. The first-order valence-corrected chi connectivity index (χ1v) is 6.27. The minimum Gasteiger partial charge on any atom is -0.476 e. The van der Waals surface area contributed by atoms with Crippen LogP contribution in [-0.2, 0) is 13.6 Å². The third-order valence-electron chi connectivity index (χ3n) is 3.04. The second-order valence-electron chi connectivity index (χ2n) is 4.46. The van der Waals surface area contributed by atoms with E-state index >= 15 is 0 Å². The summed E-state index contributed by atoms with van der Waals surface area (Å²) in [5, 5.41) is 17.0. The minimum atomic E-state index is -1.03. The van der Waals surface area contributed by atoms with Crippen molar-refractivity contribution < 1.29 is 9.90 Å². The molecule has 0 unspecified atom stereocenters. The van der Waals surface area contributed by atoms with Gasteiger partial charge in [-0.3, -0.25) is 4.68 Å². The number of hydrogen-bond acceptors (Lipinski definition) is 6. The lowest BCUT2D eigenvalue weighted by molar-refractivity contribution is 0.0691. The van der Waals surface area contributed by atoms with Crippen LogP contribution in [-0.4, -0.2) is 46.9 Å². The number of nitrogens with one attached hydrogen (secondary N) is 1. The molecule has 21 heavy (non-hydrogen) atoms. The van der Waals surface area contributed by atoms with E-state index in [1.807, 2.05) is 7.05 Å². The number of aromatic carboxylic acids is 1. The molecule has 0 aliphatic rings. The summed E-state index contributed by atoms with van der Waals surface area (Å²) in [7, 11) is 1.82. The highest BCUT2D eigenvalue weighted by Gasteiger charge is 2.08. The van der Waals surface area contributed by atoms with Gasteiger partial charge in [-0.1, -0.05) is 0 Å². The van der Waals surface area contributed by atoms with E-state index in [1.54, 1.807) is 15.4 Å². The first-order chi connectivity index (χ1) is 10.1. The van der Waals surface area contributed by atoms with Crippen LogP contribution in [0.25, 0.3) is 11.0 Å². The molecular formula is C12H13N7O2. The van der Waals surface area contributed by atoms with E-state index in [2.05, 4.69) is 25.4 Å². The summed E-state index contributed by atoms with van der Waals surface area (Å²) in [5.74, 6) is -0.332. The molecule has 9 heteroatoms. The summed E-state index contributed by atoms with van der Waals surface area (Å²) in [6.07, 6.45) is 6.16. The zero-order valence-electron chi connectivity index (χ0n) is 11.3. The topological polar surface area (TPSA) is 111 Å². The molecule has 3 aromatic heterocycles. The minimum absolute atomic E-state index is 0.0340. The monoisotopic (exact) mass is 287 g/mol. The molecule has 0 atom stereocenters. The highest BCUT2D eigenvalue weighted by molar-refractivity contribution is 5.86. The van der Waals surface area contributed by atoms with Crippen molar-refractivity contribution in [3.63, 3.8) is 0 Å². The van der Waals surface area contributed by atoms with Crippen molar-refractivity contribution in [3.8, 4) is 0 Å². The second kappa shape index (κ2) is 5.19. The molecule has 3 aromatic rings. The van der Waals surface area contributed by atoms with E-state index in [0.717, 1.165) is 11.0 Å². The van der Waals surface area contributed by atoms with Crippen LogP contribution < -0.4 is 5.32 Å². The van der Waals surface area contributed by atoms with Gasteiger partial charge in [0.15, 0.2) is 11.3 Å². The Morgan fingerprint density at radius 2 is 2.24 bits per heavy atom. The van der Waals surface area contributed by atoms with Crippen molar-refractivity contribution in [1.82, 2.24) is 29.3 Å². The van der Waals surface area contributed by atoms with Crippen LogP contribution in [0, 0.1) is 0 Å². The number of anilines is 1. The van der Waals surface area contributed by atoms with Crippen LogP contribution >= 0.6 is 0 Å². The van der Waals surface area contributed by atoms with Gasteiger partial charge in [0.05, 0.1) is 17.9 Å². The predicted octanol–water partition coefficient (Wildman–Crippen LogP) is 0.370. The normalized spacial score (nSPS) is 10.9. The van der Waals surface area contributed by atoms with Crippen LogP contribution in [0.4, 0.5) is 5.82 Å². The van der Waals surface area contributed by atoms with Gasteiger partial charge in [-0.15, -0.1) is 0 Å². The highest BCUT2D eigenvalue weighted by Crippen LogP contribution is 2.17. The van der Waals surface area contributed by atoms with Crippen molar-refractivity contribution in [2.45, 2.75) is 6.54 Å². The number of fused-ring (bicyclic) bond motifs is 1. The number of imidazole rings is 1. The molecule has 9 nitrogen and oxygen atoms in total. The number of hydrogen-bond donors (Lipinski definition) is 2. The molecule has 108 valence electrons. The van der Waals surface area contributed by atoms with Crippen LogP contribution in [0.3, 0.4) is 0 Å². The summed E-state index contributed by atoms with van der Waals surface area (Å²) in [4.78, 5) is 22.9. The Kier molecular flexibility index (Phi) is 3.22. The average molecular weight is 287 g/mol. The number of carboxylic acid groups (broad SMARTS) is 1. The van der Waals surface area contributed by atoms with Gasteiger partial charge in [-0.05, 0) is 0 Å². The molecule has 0 aromatic carbocycles. The van der Waals surface area contributed by atoms with Crippen LogP contribution in [0.5, 0.6) is 0 Å². The van der Waals surface area contributed by atoms with E-state index in [1.165, 1.54) is 18.9 Å². The zero-order chi connectivity index (χ0) is 14.8. The SMILES string of the molecule is Cn1ncc2c(NCCn3cnc(C(=O)O)c3)ncnc21. The second-order valence-corrected chi connectivity index (χ2v) is 4.46. The van der Waals surface area contributed by atoms with E-state index < -0.39 is 5.97 Å². The van der Waals surface area contributed by atoms with Gasteiger partial charge in [-0.2, -0.15) is 5.10 Å². The Balaban J connectivity index is 1.67. The summed E-state index contributed by atoms with van der Waals surface area (Å²) in [6, 6.07) is 0. The molecule has 0 saturated heterocycles. The first-order valence-electron chi connectivity index (χ1n) is 6.27. The van der Waals surface area contributed by atoms with E-state index in [0.29, 0.717) is 18.9 Å². The Labute approximate surface area is 119 Å². The third-order valence-corrected chi connectivity index (χ3v) is 3.04. The van der Waals surface area contributed by atoms with E-state index in [9.17, 15) is 4.79 Å². The average Bonchev–Trinajstić information content (AvgIpc) is 3.07. The largest absolute Gasteiger partial charge is 0.476 e. The molecule has 0 bridgehead atoms. The molecule has 3 heterocycles. The fraction of sp³-hybridized carbons (Fsp3) is 0.250. The fourth-order valence-electron chi connectivity index (χ4n) is 2.00. The van der Waals surface area contributed by atoms with Crippen LogP contribution in [0.1, 0.15) is 10.5 Å².